The van der Waals surface area contributed by atoms with E-state index < -0.39 is 0 Å². The number of hydrogen-bond acceptors (Lipinski definition) is 1. The van der Waals surface area contributed by atoms with Gasteiger partial charge in [-0.05, 0) is 23.3 Å². The van der Waals surface area contributed by atoms with Gasteiger partial charge in [-0.25, -0.2) is 4.39 Å². The second-order valence-electron chi connectivity index (χ2n) is 2.97. The first kappa shape index (κ1) is 7.50. The van der Waals surface area contributed by atoms with Crippen molar-refractivity contribution in [3.8, 4) is 0 Å². The summed E-state index contributed by atoms with van der Waals surface area (Å²) in [6.07, 6.45) is 3.94. The molecule has 1 aliphatic rings. The molecule has 1 nitrogen and oxygen atoms in total. The topological polar surface area (TPSA) is 26.0 Å². The minimum atomic E-state index is -0.184. The Morgan fingerprint density at radius 3 is 3.00 bits per heavy atom. The molecule has 1 aromatic rings. The molecule has 2 heteroatoms. The molecule has 0 aromatic heterocycles. The number of fused-ring (bicyclic) bond motifs is 1. The van der Waals surface area contributed by atoms with E-state index in [1.54, 1.807) is 6.07 Å². The molecule has 1 aromatic carbocycles. The lowest BCUT2D eigenvalue weighted by atomic mass is 10.0. The number of nitrogens with two attached hydrogens (primary N) is 1. The molecule has 0 fully saturated rings. The Hall–Kier alpha value is -1.15. The number of halogens is 1. The molecule has 0 heterocycles. The molecule has 0 amide bonds. The summed E-state index contributed by atoms with van der Waals surface area (Å²) in [6.45, 7) is 0.592. The Bertz CT molecular complexity index is 331. The molecule has 0 aliphatic heterocycles. The van der Waals surface area contributed by atoms with Gasteiger partial charge in [0.05, 0.1) is 0 Å². The van der Waals surface area contributed by atoms with Crippen LogP contribution in [-0.2, 0) is 0 Å². The predicted octanol–water partition coefficient (Wildman–Crippen LogP) is 1.89. The van der Waals surface area contributed by atoms with E-state index in [4.69, 9.17) is 5.73 Å². The van der Waals surface area contributed by atoms with Crippen molar-refractivity contribution < 1.29 is 4.39 Å². The second kappa shape index (κ2) is 2.72. The molecule has 2 N–H and O–H groups in total. The fourth-order valence-electron chi connectivity index (χ4n) is 1.56. The monoisotopic (exact) mass is 163 g/mol. The second-order valence-corrected chi connectivity index (χ2v) is 2.97. The first-order chi connectivity index (χ1) is 5.81. The van der Waals surface area contributed by atoms with E-state index in [0.717, 1.165) is 11.1 Å². The number of rotatable bonds is 1. The molecule has 0 radical (unpaired) electrons. The first-order valence-electron chi connectivity index (χ1n) is 3.99. The summed E-state index contributed by atoms with van der Waals surface area (Å²) in [5.41, 5.74) is 7.64. The maximum Gasteiger partial charge on any atom is 0.123 e. The highest BCUT2D eigenvalue weighted by atomic mass is 19.1. The fourth-order valence-corrected chi connectivity index (χ4v) is 1.56. The van der Waals surface area contributed by atoms with Gasteiger partial charge in [0.2, 0.25) is 0 Å². The minimum absolute atomic E-state index is 0.184. The molecule has 0 saturated carbocycles. The van der Waals surface area contributed by atoms with E-state index in [1.165, 1.54) is 6.07 Å². The predicted molar refractivity (Wildman–Crippen MR) is 47.2 cm³/mol. The Kier molecular flexibility index (Phi) is 1.70. The van der Waals surface area contributed by atoms with Crippen LogP contribution in [-0.4, -0.2) is 6.54 Å². The largest absolute Gasteiger partial charge is 0.330 e. The third-order valence-corrected chi connectivity index (χ3v) is 2.21. The number of hydrogen-bond donors (Lipinski definition) is 1. The van der Waals surface area contributed by atoms with E-state index in [2.05, 4.69) is 0 Å². The third-order valence-electron chi connectivity index (χ3n) is 2.21. The molecule has 62 valence electrons. The van der Waals surface area contributed by atoms with Crippen LogP contribution in [0, 0.1) is 5.82 Å². The van der Waals surface area contributed by atoms with Crippen molar-refractivity contribution in [3.05, 3.63) is 41.2 Å². The van der Waals surface area contributed by atoms with Crippen LogP contribution in [0.15, 0.2) is 24.3 Å². The van der Waals surface area contributed by atoms with Gasteiger partial charge in [-0.1, -0.05) is 18.2 Å². The van der Waals surface area contributed by atoms with Crippen LogP contribution in [0.3, 0.4) is 0 Å². The fraction of sp³-hybridized carbons (Fsp3) is 0.200. The van der Waals surface area contributed by atoms with Gasteiger partial charge in [-0.2, -0.15) is 0 Å². The van der Waals surface area contributed by atoms with Crippen LogP contribution in [0.4, 0.5) is 4.39 Å². The van der Waals surface area contributed by atoms with Crippen molar-refractivity contribution in [2.24, 2.45) is 5.73 Å². The van der Waals surface area contributed by atoms with Crippen LogP contribution >= 0.6 is 0 Å². The maximum absolute atomic E-state index is 12.7. The van der Waals surface area contributed by atoms with Crippen molar-refractivity contribution >= 4 is 6.08 Å². The van der Waals surface area contributed by atoms with Gasteiger partial charge in [-0.15, -0.1) is 0 Å². The van der Waals surface area contributed by atoms with Crippen molar-refractivity contribution in [1.29, 1.82) is 0 Å². The van der Waals surface area contributed by atoms with Crippen molar-refractivity contribution in [2.75, 3.05) is 6.54 Å². The average molecular weight is 163 g/mol. The molecule has 1 atom stereocenters. The van der Waals surface area contributed by atoms with E-state index in [9.17, 15) is 4.39 Å². The summed E-state index contributed by atoms with van der Waals surface area (Å²) in [4.78, 5) is 0. The molecule has 0 spiro atoms. The maximum atomic E-state index is 12.7. The van der Waals surface area contributed by atoms with Gasteiger partial charge in [0, 0.05) is 12.5 Å². The molecule has 12 heavy (non-hydrogen) atoms. The Morgan fingerprint density at radius 2 is 2.25 bits per heavy atom. The van der Waals surface area contributed by atoms with Crippen LogP contribution in [0.25, 0.3) is 6.08 Å². The summed E-state index contributed by atoms with van der Waals surface area (Å²) < 4.78 is 12.7. The van der Waals surface area contributed by atoms with Crippen LogP contribution in [0.2, 0.25) is 0 Å². The summed E-state index contributed by atoms with van der Waals surface area (Å²) >= 11 is 0. The van der Waals surface area contributed by atoms with E-state index in [1.807, 2.05) is 18.2 Å². The molecular weight excluding hydrogens is 153 g/mol. The molecular formula is C10H10FN. The Labute approximate surface area is 70.7 Å². The smallest absolute Gasteiger partial charge is 0.123 e. The summed E-state index contributed by atoms with van der Waals surface area (Å²) in [5.74, 6) is 0.0941. The van der Waals surface area contributed by atoms with Crippen LogP contribution in [0.5, 0.6) is 0 Å². The van der Waals surface area contributed by atoms with E-state index >= 15 is 0 Å². The molecule has 2 rings (SSSR count). The van der Waals surface area contributed by atoms with E-state index in [0.29, 0.717) is 6.54 Å². The van der Waals surface area contributed by atoms with E-state index in [-0.39, 0.29) is 11.7 Å². The lowest BCUT2D eigenvalue weighted by molar-refractivity contribution is 0.626. The zero-order valence-electron chi connectivity index (χ0n) is 6.63. The summed E-state index contributed by atoms with van der Waals surface area (Å²) in [6, 6.07) is 4.83. The minimum Gasteiger partial charge on any atom is -0.330 e. The Morgan fingerprint density at radius 1 is 1.42 bits per heavy atom. The lowest BCUT2D eigenvalue weighted by Crippen LogP contribution is -2.08. The number of benzene rings is 1. The normalized spacial score (nSPS) is 19.7. The highest BCUT2D eigenvalue weighted by Crippen LogP contribution is 2.29. The summed E-state index contributed by atoms with van der Waals surface area (Å²) in [7, 11) is 0. The highest BCUT2D eigenvalue weighted by molar-refractivity contribution is 5.62. The third kappa shape index (κ3) is 1.04. The quantitative estimate of drug-likeness (QED) is 0.672. The molecule has 0 saturated heterocycles. The zero-order valence-corrected chi connectivity index (χ0v) is 6.63. The van der Waals surface area contributed by atoms with Gasteiger partial charge < -0.3 is 5.73 Å². The Balaban J connectivity index is 2.47. The van der Waals surface area contributed by atoms with Crippen molar-refractivity contribution in [3.63, 3.8) is 0 Å². The lowest BCUT2D eigenvalue weighted by Gasteiger charge is -2.06. The average Bonchev–Trinajstić information content (AvgIpc) is 2.46. The highest BCUT2D eigenvalue weighted by Gasteiger charge is 2.15. The van der Waals surface area contributed by atoms with Crippen LogP contribution in [0.1, 0.15) is 17.0 Å². The van der Waals surface area contributed by atoms with Gasteiger partial charge in [-0.3, -0.25) is 0 Å². The molecule has 1 aliphatic carbocycles. The van der Waals surface area contributed by atoms with Crippen molar-refractivity contribution in [2.45, 2.75) is 5.92 Å². The standard InChI is InChI=1S/C10H10FN/c11-9-3-4-10-7(5-9)1-2-8(10)6-12/h1-5,8H,6,12H2. The van der Waals surface area contributed by atoms with Gasteiger partial charge in [0.15, 0.2) is 0 Å². The van der Waals surface area contributed by atoms with Crippen molar-refractivity contribution in [1.82, 2.24) is 0 Å². The first-order valence-corrected chi connectivity index (χ1v) is 3.99. The SMILES string of the molecule is NCC1C=Cc2cc(F)ccc21. The summed E-state index contributed by atoms with van der Waals surface area (Å²) in [5, 5.41) is 0. The van der Waals surface area contributed by atoms with Crippen LogP contribution < -0.4 is 5.73 Å². The van der Waals surface area contributed by atoms with Gasteiger partial charge in [0.1, 0.15) is 5.82 Å². The van der Waals surface area contributed by atoms with Gasteiger partial charge in [0.25, 0.3) is 0 Å². The van der Waals surface area contributed by atoms with Gasteiger partial charge >= 0.3 is 0 Å². The molecule has 1 unspecified atom stereocenters. The molecule has 0 bridgehead atoms. The zero-order chi connectivity index (χ0) is 8.55.